The predicted octanol–water partition coefficient (Wildman–Crippen LogP) is 1.60. The third-order valence-corrected chi connectivity index (χ3v) is 4.47. The van der Waals surface area contributed by atoms with Crippen molar-refractivity contribution in [2.24, 2.45) is 0 Å². The lowest BCUT2D eigenvalue weighted by atomic mass is 10.2. The Hall–Kier alpha value is -0.940. The zero-order valence-corrected chi connectivity index (χ0v) is 10.7. The van der Waals surface area contributed by atoms with Crippen molar-refractivity contribution >= 4 is 27.1 Å². The van der Waals surface area contributed by atoms with Crippen molar-refractivity contribution in [3.05, 3.63) is 17.7 Å². The van der Waals surface area contributed by atoms with E-state index in [0.717, 1.165) is 0 Å². The SMILES string of the molecule is COc1cc(S(=O)(=O)CCCl)c(C)cc1N. The van der Waals surface area contributed by atoms with Crippen molar-refractivity contribution in [1.29, 1.82) is 0 Å². The summed E-state index contributed by atoms with van der Waals surface area (Å²) in [5.41, 5.74) is 6.69. The van der Waals surface area contributed by atoms with Gasteiger partial charge in [-0.05, 0) is 18.6 Å². The number of sulfone groups is 1. The van der Waals surface area contributed by atoms with Gasteiger partial charge in [0.2, 0.25) is 0 Å². The number of nitrogens with two attached hydrogens (primary N) is 1. The average molecular weight is 264 g/mol. The molecule has 6 heteroatoms. The average Bonchev–Trinajstić information content (AvgIpc) is 2.17. The molecule has 90 valence electrons. The minimum Gasteiger partial charge on any atom is -0.495 e. The van der Waals surface area contributed by atoms with Crippen LogP contribution in [0, 0.1) is 6.92 Å². The van der Waals surface area contributed by atoms with Gasteiger partial charge in [-0.25, -0.2) is 8.42 Å². The molecule has 1 aromatic carbocycles. The Bertz CT molecular complexity index is 485. The molecule has 0 aliphatic rings. The molecule has 0 radical (unpaired) electrons. The highest BCUT2D eigenvalue weighted by atomic mass is 35.5. The van der Waals surface area contributed by atoms with Crippen LogP contribution in [0.3, 0.4) is 0 Å². The Labute approximate surface area is 100 Å². The van der Waals surface area contributed by atoms with Gasteiger partial charge in [0.05, 0.1) is 23.4 Å². The van der Waals surface area contributed by atoms with Gasteiger partial charge in [0.15, 0.2) is 9.84 Å². The summed E-state index contributed by atoms with van der Waals surface area (Å²) in [7, 11) is -1.91. The van der Waals surface area contributed by atoms with Crippen LogP contribution in [0.2, 0.25) is 0 Å². The molecule has 2 N–H and O–H groups in total. The third kappa shape index (κ3) is 2.59. The first-order chi connectivity index (χ1) is 7.42. The summed E-state index contributed by atoms with van der Waals surface area (Å²) in [6, 6.07) is 3.02. The number of anilines is 1. The quantitative estimate of drug-likeness (QED) is 0.662. The van der Waals surface area contributed by atoms with Gasteiger partial charge in [-0.2, -0.15) is 0 Å². The van der Waals surface area contributed by atoms with E-state index >= 15 is 0 Å². The molecule has 0 spiro atoms. The Morgan fingerprint density at radius 3 is 2.56 bits per heavy atom. The van der Waals surface area contributed by atoms with E-state index in [1.807, 2.05) is 0 Å². The Morgan fingerprint density at radius 2 is 2.06 bits per heavy atom. The highest BCUT2D eigenvalue weighted by molar-refractivity contribution is 7.91. The number of nitrogen functional groups attached to an aromatic ring is 1. The van der Waals surface area contributed by atoms with Crippen LogP contribution in [-0.4, -0.2) is 27.2 Å². The van der Waals surface area contributed by atoms with E-state index in [9.17, 15) is 8.42 Å². The summed E-state index contributed by atoms with van der Waals surface area (Å²) in [5, 5.41) is 0. The summed E-state index contributed by atoms with van der Waals surface area (Å²) < 4.78 is 28.7. The topological polar surface area (TPSA) is 69.4 Å². The highest BCUT2D eigenvalue weighted by Gasteiger charge is 2.18. The van der Waals surface area contributed by atoms with Gasteiger partial charge in [-0.15, -0.1) is 11.6 Å². The van der Waals surface area contributed by atoms with E-state index < -0.39 is 9.84 Å². The van der Waals surface area contributed by atoms with Crippen molar-refractivity contribution in [2.75, 3.05) is 24.5 Å². The number of hydrogen-bond donors (Lipinski definition) is 1. The molecule has 0 bridgehead atoms. The molecule has 0 atom stereocenters. The number of alkyl halides is 1. The van der Waals surface area contributed by atoms with Gasteiger partial charge in [0.25, 0.3) is 0 Å². The maximum Gasteiger partial charge on any atom is 0.179 e. The molecule has 16 heavy (non-hydrogen) atoms. The van der Waals surface area contributed by atoms with Crippen molar-refractivity contribution in [1.82, 2.24) is 0 Å². The number of ether oxygens (including phenoxy) is 1. The lowest BCUT2D eigenvalue weighted by Crippen LogP contribution is -2.10. The predicted molar refractivity (Wildman–Crippen MR) is 64.9 cm³/mol. The molecule has 0 unspecified atom stereocenters. The second-order valence-electron chi connectivity index (χ2n) is 3.37. The fourth-order valence-electron chi connectivity index (χ4n) is 1.42. The summed E-state index contributed by atoms with van der Waals surface area (Å²) >= 11 is 5.46. The van der Waals surface area contributed by atoms with E-state index in [0.29, 0.717) is 17.0 Å². The second kappa shape index (κ2) is 4.93. The fourth-order valence-corrected chi connectivity index (χ4v) is 3.28. The Balaban J connectivity index is 3.34. The first kappa shape index (κ1) is 13.1. The van der Waals surface area contributed by atoms with E-state index in [-0.39, 0.29) is 16.5 Å². The summed E-state index contributed by atoms with van der Waals surface area (Å²) in [4.78, 5) is 0.221. The minimum atomic E-state index is -3.36. The zero-order valence-electron chi connectivity index (χ0n) is 9.16. The summed E-state index contributed by atoms with van der Waals surface area (Å²) in [6.07, 6.45) is 0. The smallest absolute Gasteiger partial charge is 0.179 e. The molecule has 0 heterocycles. The number of methoxy groups -OCH3 is 1. The van der Waals surface area contributed by atoms with E-state index in [1.54, 1.807) is 13.0 Å². The number of halogens is 1. The molecular formula is C10H14ClNO3S. The van der Waals surface area contributed by atoms with Gasteiger partial charge in [-0.1, -0.05) is 0 Å². The molecule has 0 saturated carbocycles. The van der Waals surface area contributed by atoms with E-state index in [2.05, 4.69) is 0 Å². The molecule has 1 aromatic rings. The van der Waals surface area contributed by atoms with Gasteiger partial charge in [0.1, 0.15) is 5.75 Å². The van der Waals surface area contributed by atoms with Crippen LogP contribution < -0.4 is 10.5 Å². The third-order valence-electron chi connectivity index (χ3n) is 2.21. The van der Waals surface area contributed by atoms with Gasteiger partial charge in [-0.3, -0.25) is 0 Å². The zero-order chi connectivity index (χ0) is 12.3. The summed E-state index contributed by atoms with van der Waals surface area (Å²) in [5.74, 6) is 0.329. The Kier molecular flexibility index (Phi) is 4.04. The van der Waals surface area contributed by atoms with E-state index in [1.165, 1.54) is 13.2 Å². The molecule has 4 nitrogen and oxygen atoms in total. The maximum atomic E-state index is 11.9. The normalized spacial score (nSPS) is 11.4. The molecular weight excluding hydrogens is 250 g/mol. The van der Waals surface area contributed by atoms with Crippen LogP contribution >= 0.6 is 11.6 Å². The van der Waals surface area contributed by atoms with Crippen LogP contribution in [0.25, 0.3) is 0 Å². The van der Waals surface area contributed by atoms with Crippen LogP contribution in [-0.2, 0) is 9.84 Å². The van der Waals surface area contributed by atoms with Crippen molar-refractivity contribution in [3.63, 3.8) is 0 Å². The molecule has 0 amide bonds. The number of benzene rings is 1. The minimum absolute atomic E-state index is 0.0640. The second-order valence-corrected chi connectivity index (χ2v) is 5.82. The van der Waals surface area contributed by atoms with Crippen LogP contribution in [0.1, 0.15) is 5.56 Å². The highest BCUT2D eigenvalue weighted by Crippen LogP contribution is 2.28. The molecule has 0 aliphatic carbocycles. The number of hydrogen-bond acceptors (Lipinski definition) is 4. The Morgan fingerprint density at radius 1 is 1.44 bits per heavy atom. The van der Waals surface area contributed by atoms with Crippen molar-refractivity contribution in [2.45, 2.75) is 11.8 Å². The maximum absolute atomic E-state index is 11.9. The fraction of sp³-hybridized carbons (Fsp3) is 0.400. The number of aryl methyl sites for hydroxylation is 1. The van der Waals surface area contributed by atoms with Crippen molar-refractivity contribution in [3.8, 4) is 5.75 Å². The van der Waals surface area contributed by atoms with Crippen molar-refractivity contribution < 1.29 is 13.2 Å². The van der Waals surface area contributed by atoms with Gasteiger partial charge in [0, 0.05) is 11.9 Å². The molecule has 0 saturated heterocycles. The monoisotopic (exact) mass is 263 g/mol. The molecule has 0 aliphatic heterocycles. The van der Waals surface area contributed by atoms with Crippen LogP contribution in [0.5, 0.6) is 5.75 Å². The van der Waals surface area contributed by atoms with Gasteiger partial charge < -0.3 is 10.5 Å². The van der Waals surface area contributed by atoms with Gasteiger partial charge >= 0.3 is 0 Å². The molecule has 1 rings (SSSR count). The lowest BCUT2D eigenvalue weighted by molar-refractivity contribution is 0.415. The molecule has 0 aromatic heterocycles. The van der Waals surface area contributed by atoms with Crippen LogP contribution in [0.15, 0.2) is 17.0 Å². The largest absolute Gasteiger partial charge is 0.495 e. The lowest BCUT2D eigenvalue weighted by Gasteiger charge is -2.11. The first-order valence-electron chi connectivity index (χ1n) is 4.65. The standard InChI is InChI=1S/C10H14ClNO3S/c1-7-5-8(12)9(15-2)6-10(7)16(13,14)4-3-11/h5-6H,3-4,12H2,1-2H3. The summed E-state index contributed by atoms with van der Waals surface area (Å²) in [6.45, 7) is 1.69. The van der Waals surface area contributed by atoms with Crippen LogP contribution in [0.4, 0.5) is 5.69 Å². The molecule has 0 fully saturated rings. The van der Waals surface area contributed by atoms with E-state index in [4.69, 9.17) is 22.1 Å². The first-order valence-corrected chi connectivity index (χ1v) is 6.84. The number of rotatable bonds is 4.